The number of primary amides is 4. The molecule has 0 aliphatic rings. The number of nitrogens with two attached hydrogens (primary N) is 4. The summed E-state index contributed by atoms with van der Waals surface area (Å²) in [6.45, 7) is 4.00. The van der Waals surface area contributed by atoms with Crippen molar-refractivity contribution < 1.29 is 92.4 Å². The number of hydrogen-bond acceptors (Lipinski definition) is 17. The van der Waals surface area contributed by atoms with Gasteiger partial charge < -0.3 is 65.0 Å². The van der Waals surface area contributed by atoms with Gasteiger partial charge in [0, 0.05) is 28.3 Å². The molecule has 6 aromatic carbocycles. The van der Waals surface area contributed by atoms with E-state index >= 15 is 0 Å². The molecule has 0 radical (unpaired) electrons. The Labute approximate surface area is 524 Å². The van der Waals surface area contributed by atoms with E-state index in [4.69, 9.17) is 106 Å². The molecule has 21 nitrogen and oxygen atoms in total. The summed E-state index contributed by atoms with van der Waals surface area (Å²) < 4.78 is 126. The first-order valence-corrected chi connectivity index (χ1v) is 27.1. The number of carbonyl (C=O) groups excluding carboxylic acids is 5. The molecule has 0 bridgehead atoms. The van der Waals surface area contributed by atoms with Crippen LogP contribution in [-0.4, -0.2) is 69.1 Å². The second-order valence-corrected chi connectivity index (χ2v) is 19.9. The number of carbonyl (C=O) groups is 5. The van der Waals surface area contributed by atoms with E-state index in [0.29, 0.717) is 22.4 Å². The van der Waals surface area contributed by atoms with Crippen molar-refractivity contribution in [1.82, 2.24) is 15.0 Å². The number of aliphatic hydroxyl groups is 1. The number of benzene rings is 6. The quantitative estimate of drug-likeness (QED) is 0.0350. The molecular weight excluding hydrogens is 1290 g/mol. The molecule has 9 aromatic rings. The molecule has 3 heterocycles. The molecule has 9 rings (SSSR count). The molecule has 470 valence electrons. The van der Waals surface area contributed by atoms with Gasteiger partial charge >= 0.3 is 11.5 Å². The Kier molecular flexibility index (Phi) is 22.5. The third-order valence-corrected chi connectivity index (χ3v) is 13.1. The van der Waals surface area contributed by atoms with Crippen LogP contribution < -0.4 is 37.1 Å². The highest BCUT2D eigenvalue weighted by Gasteiger charge is 2.31. The first-order chi connectivity index (χ1) is 42.6. The summed E-state index contributed by atoms with van der Waals surface area (Å²) in [7, 11) is 0. The maximum Gasteiger partial charge on any atom is 0.404 e. The zero-order valence-corrected chi connectivity index (χ0v) is 49.5. The molecule has 9 N–H and O–H groups in total. The van der Waals surface area contributed by atoms with E-state index in [-0.39, 0.29) is 44.7 Å². The summed E-state index contributed by atoms with van der Waals surface area (Å²) in [5.41, 5.74) is 21.7. The summed E-state index contributed by atoms with van der Waals surface area (Å²) >= 11 is 23.6. The second kappa shape index (κ2) is 29.9. The third kappa shape index (κ3) is 16.7. The second-order valence-electron chi connectivity index (χ2n) is 18.6. The summed E-state index contributed by atoms with van der Waals surface area (Å²) in [5.74, 6) is -13.5. The van der Waals surface area contributed by atoms with E-state index in [1.54, 1.807) is 36.4 Å². The summed E-state index contributed by atoms with van der Waals surface area (Å²) in [4.78, 5) is 68.7. The first-order valence-electron chi connectivity index (χ1n) is 25.5. The van der Waals surface area contributed by atoms with E-state index in [1.165, 1.54) is 0 Å². The topological polar surface area (TPSA) is 334 Å². The van der Waals surface area contributed by atoms with Gasteiger partial charge in [-0.05, 0) is 92.0 Å². The minimum atomic E-state index is -1.34. The lowest BCUT2D eigenvalue weighted by atomic mass is 10.1. The predicted molar refractivity (Wildman–Crippen MR) is 310 cm³/mol. The molecule has 31 heteroatoms. The molecule has 0 spiro atoms. The van der Waals surface area contributed by atoms with Gasteiger partial charge in [-0.25, -0.2) is 50.9 Å². The van der Waals surface area contributed by atoms with E-state index in [9.17, 15) is 55.4 Å². The number of rotatable bonds is 20. The largest absolute Gasteiger partial charge is 0.475 e. The van der Waals surface area contributed by atoms with Crippen LogP contribution in [0.25, 0.3) is 33.8 Å². The molecule has 3 atom stereocenters. The molecule has 90 heavy (non-hydrogen) atoms. The fraction of sp³-hybridized carbons (Fsp3) is 0.153. The number of nitrogens with zero attached hydrogens (tertiary/aromatic N) is 3. The van der Waals surface area contributed by atoms with Crippen LogP contribution in [0.4, 0.5) is 35.9 Å². The number of oxazole rings is 3. The highest BCUT2D eigenvalue weighted by molar-refractivity contribution is 6.61. The van der Waals surface area contributed by atoms with Crippen molar-refractivity contribution in [3.05, 3.63) is 211 Å². The number of amides is 4. The van der Waals surface area contributed by atoms with Gasteiger partial charge in [0.15, 0.2) is 40.8 Å². The fourth-order valence-corrected chi connectivity index (χ4v) is 8.57. The molecule has 3 unspecified atom stereocenters. The monoisotopic (exact) mass is 1330 g/mol. The molecule has 0 saturated heterocycles. The van der Waals surface area contributed by atoms with Crippen LogP contribution in [0.1, 0.15) is 83.7 Å². The van der Waals surface area contributed by atoms with Crippen molar-refractivity contribution in [2.75, 3.05) is 19.8 Å². The Morgan fingerprint density at radius 3 is 1.00 bits per heavy atom. The zero-order chi connectivity index (χ0) is 65.8. The Hall–Kier alpha value is -9.80. The molecule has 0 saturated carbocycles. The van der Waals surface area contributed by atoms with E-state index in [1.807, 2.05) is 57.2 Å². The maximum absolute atomic E-state index is 14.6. The predicted octanol–water partition coefficient (Wildman–Crippen LogP) is 12.9. The van der Waals surface area contributed by atoms with Gasteiger partial charge in [0.1, 0.15) is 64.4 Å². The SMILES string of the molecule is Cc1ccc(-c2nc(C(CO)Oc3ccc(F)c(C(N)=O)c3F)oc2Cl)cc1.Cc1ccc(-c2nc(C(COC(=O)Cl)Oc3ccc(F)c(C(N)=O)c3F)oc2Cl)cc1.Cc1ccc(-c2nc(C(COC(N)=O)Oc3ccc(F)c(C(N)=O)c3F)oc2Cl)cc1. The number of aryl methyl sites for hydroxylation is 3. The van der Waals surface area contributed by atoms with Crippen molar-refractivity contribution >= 4 is 75.6 Å². The van der Waals surface area contributed by atoms with E-state index in [0.717, 1.165) is 53.1 Å². The van der Waals surface area contributed by atoms with Crippen molar-refractivity contribution in [1.29, 1.82) is 0 Å². The van der Waals surface area contributed by atoms with E-state index < -0.39 is 136 Å². The van der Waals surface area contributed by atoms with Crippen molar-refractivity contribution in [2.45, 2.75) is 39.1 Å². The van der Waals surface area contributed by atoms with Gasteiger partial charge in [-0.2, -0.15) is 0 Å². The lowest BCUT2D eigenvalue weighted by Gasteiger charge is -2.17. The van der Waals surface area contributed by atoms with Gasteiger partial charge in [0.25, 0.3) is 17.7 Å². The van der Waals surface area contributed by atoms with Crippen LogP contribution in [0.15, 0.2) is 122 Å². The van der Waals surface area contributed by atoms with E-state index in [2.05, 4.69) is 15.0 Å². The minimum Gasteiger partial charge on any atom is -0.475 e. The standard InChI is InChI=1S/C20H14Cl2F2N2O5.C20H16ClF2N3O5.C19H15ClF2N2O4/c1-9-2-4-10(5-3-9)16-17(21)31-19(26-16)13(8-29-20(22)28)30-12-7-6-11(23)14(15(12)24)18(25)27;1-9-2-4-10(5-3-9)16-17(21)31-19(26-16)13(8-29-20(25)28)30-12-7-6-11(22)14(15(12)23)18(24)27;1-9-2-4-10(5-3-9)16-17(20)28-19(24-16)13(8-25)27-12-7-6-11(21)14(15(12)22)18(23)26/h2-7,13H,8H2,1H3,(H2,25,27);2-7,13H,8H2,1H3,(H2,24,27)(H2,25,28);2-7,13,25H,8H2,1H3,(H2,23,26). The van der Waals surface area contributed by atoms with Gasteiger partial charge in [-0.3, -0.25) is 14.4 Å². The minimum absolute atomic E-state index is 0.0432. The van der Waals surface area contributed by atoms with Gasteiger partial charge in [0.2, 0.25) is 45.5 Å². The van der Waals surface area contributed by atoms with Crippen LogP contribution in [0.3, 0.4) is 0 Å². The number of aliphatic hydroxyl groups excluding tert-OH is 1. The smallest absolute Gasteiger partial charge is 0.404 e. The summed E-state index contributed by atoms with van der Waals surface area (Å²) in [6.07, 6.45) is -5.05. The highest BCUT2D eigenvalue weighted by atomic mass is 35.5. The Balaban J connectivity index is 0.000000192. The van der Waals surface area contributed by atoms with Crippen molar-refractivity contribution in [2.24, 2.45) is 22.9 Å². The van der Waals surface area contributed by atoms with Crippen LogP contribution in [0.5, 0.6) is 17.2 Å². The van der Waals surface area contributed by atoms with Gasteiger partial charge in [-0.1, -0.05) is 89.5 Å². The van der Waals surface area contributed by atoms with Gasteiger partial charge in [0.05, 0.1) is 6.61 Å². The Bertz CT molecular complexity index is 3940. The summed E-state index contributed by atoms with van der Waals surface area (Å²) in [6, 6.07) is 26.9. The molecular formula is C59H45Cl4F6N7O14. The molecule has 4 amide bonds. The normalized spacial score (nSPS) is 11.8. The fourth-order valence-electron chi connectivity index (χ4n) is 7.82. The lowest BCUT2D eigenvalue weighted by molar-refractivity contribution is 0.0696. The average Bonchev–Trinajstić information content (AvgIpc) is 1.73. The average molecular weight is 1330 g/mol. The molecule has 0 aliphatic carbocycles. The Morgan fingerprint density at radius 1 is 0.456 bits per heavy atom. The Morgan fingerprint density at radius 2 is 0.733 bits per heavy atom. The number of ether oxygens (including phenoxy) is 5. The van der Waals surface area contributed by atoms with Crippen molar-refractivity contribution in [3.8, 4) is 51.0 Å². The van der Waals surface area contributed by atoms with Crippen LogP contribution >= 0.6 is 46.4 Å². The van der Waals surface area contributed by atoms with Crippen LogP contribution in [-0.2, 0) is 9.47 Å². The number of hydrogen-bond donors (Lipinski definition) is 5. The number of aromatic nitrogens is 3. The maximum atomic E-state index is 14.6. The molecule has 3 aromatic heterocycles. The first kappa shape index (κ1) is 67.7. The van der Waals surface area contributed by atoms with Crippen molar-refractivity contribution in [3.63, 3.8) is 0 Å². The highest BCUT2D eigenvalue weighted by Crippen LogP contribution is 2.38. The lowest BCUT2D eigenvalue weighted by Crippen LogP contribution is -2.22. The summed E-state index contributed by atoms with van der Waals surface area (Å²) in [5, 5.41) is 9.38. The van der Waals surface area contributed by atoms with Crippen LogP contribution in [0.2, 0.25) is 15.7 Å². The zero-order valence-electron chi connectivity index (χ0n) is 46.4. The van der Waals surface area contributed by atoms with Gasteiger partial charge in [-0.15, -0.1) is 0 Å². The number of halogens is 10. The molecule has 0 aliphatic heterocycles. The molecule has 0 fully saturated rings. The third-order valence-electron chi connectivity index (χ3n) is 12.2. The van der Waals surface area contributed by atoms with Crippen LogP contribution in [0, 0.1) is 55.7 Å².